The van der Waals surface area contributed by atoms with E-state index in [1.165, 1.54) is 22.6 Å². The minimum absolute atomic E-state index is 0.279. The van der Waals surface area contributed by atoms with E-state index in [0.29, 0.717) is 0 Å². The Kier molecular flexibility index (Phi) is 2.13. The Hall–Kier alpha value is -2.03. The lowest BCUT2D eigenvalue weighted by Crippen LogP contribution is -2.47. The normalized spacial score (nSPS) is 24.1. The van der Waals surface area contributed by atoms with Gasteiger partial charge in [0.2, 0.25) is 0 Å². The van der Waals surface area contributed by atoms with Gasteiger partial charge >= 0.3 is 0 Å². The second-order valence-corrected chi connectivity index (χ2v) is 5.35. The average molecular weight is 251 g/mol. The molecule has 0 fully saturated rings. The second-order valence-electron chi connectivity index (χ2n) is 5.35. The Balaban J connectivity index is 1.92. The fraction of sp³-hybridized carbons (Fsp3) is 0.312. The van der Waals surface area contributed by atoms with Gasteiger partial charge in [-0.1, -0.05) is 24.3 Å². The van der Waals surface area contributed by atoms with E-state index in [1.54, 1.807) is 0 Å². The quantitative estimate of drug-likeness (QED) is 0.704. The molecule has 0 radical (unpaired) electrons. The molecule has 0 amide bonds. The van der Waals surface area contributed by atoms with Crippen molar-refractivity contribution in [2.75, 3.05) is 16.8 Å². The number of hydrogen-bond acceptors (Lipinski definition) is 3. The van der Waals surface area contributed by atoms with Crippen molar-refractivity contribution in [3.05, 3.63) is 47.7 Å². The Bertz CT molecular complexity index is 639. The monoisotopic (exact) mass is 251 g/mol. The predicted octanol–water partition coefficient (Wildman–Crippen LogP) is 3.31. The molecule has 0 saturated heterocycles. The summed E-state index contributed by atoms with van der Waals surface area (Å²) in [7, 11) is 2.18. The molecule has 1 aromatic carbocycles. The number of para-hydroxylation sites is 2. The minimum Gasteiger partial charge on any atom is -0.348 e. The zero-order chi connectivity index (χ0) is 13.0. The highest BCUT2D eigenvalue weighted by Crippen LogP contribution is 2.44. The fourth-order valence-electron chi connectivity index (χ4n) is 3.38. The fourth-order valence-corrected chi connectivity index (χ4v) is 3.38. The summed E-state index contributed by atoms with van der Waals surface area (Å²) >= 11 is 0. The molecule has 19 heavy (non-hydrogen) atoms. The van der Waals surface area contributed by atoms with Gasteiger partial charge in [-0.05, 0) is 31.9 Å². The Morgan fingerprint density at radius 2 is 2.00 bits per heavy atom. The number of benzene rings is 1. The summed E-state index contributed by atoms with van der Waals surface area (Å²) in [5.41, 5.74) is 5.17. The first-order chi connectivity index (χ1) is 9.27. The SMILES string of the molecule is CC1=NC2=C(C=CCC2)C2N(C)c3ccccc3N12. The third-order valence-electron chi connectivity index (χ3n) is 4.23. The van der Waals surface area contributed by atoms with Crippen LogP contribution in [0.3, 0.4) is 0 Å². The number of nitrogens with zero attached hydrogens (tertiary/aromatic N) is 3. The molecule has 1 aliphatic carbocycles. The van der Waals surface area contributed by atoms with E-state index >= 15 is 0 Å². The van der Waals surface area contributed by atoms with E-state index in [9.17, 15) is 0 Å². The molecular formula is C16H17N3. The number of hydrogen-bond donors (Lipinski definition) is 0. The van der Waals surface area contributed by atoms with Crippen LogP contribution in [-0.4, -0.2) is 19.0 Å². The molecule has 0 bridgehead atoms. The van der Waals surface area contributed by atoms with Crippen LogP contribution in [0, 0.1) is 0 Å². The van der Waals surface area contributed by atoms with Gasteiger partial charge in [0, 0.05) is 18.3 Å². The number of rotatable bonds is 0. The number of allylic oxidation sites excluding steroid dienone is 2. The Labute approximate surface area is 113 Å². The maximum Gasteiger partial charge on any atom is 0.135 e. The Morgan fingerprint density at radius 3 is 2.84 bits per heavy atom. The van der Waals surface area contributed by atoms with Crippen LogP contribution in [-0.2, 0) is 0 Å². The largest absolute Gasteiger partial charge is 0.348 e. The third-order valence-corrected chi connectivity index (χ3v) is 4.23. The zero-order valence-corrected chi connectivity index (χ0v) is 11.3. The van der Waals surface area contributed by atoms with Crippen LogP contribution in [0.5, 0.6) is 0 Å². The summed E-state index contributed by atoms with van der Waals surface area (Å²) in [4.78, 5) is 9.54. The van der Waals surface area contributed by atoms with Crippen molar-refractivity contribution >= 4 is 17.2 Å². The van der Waals surface area contributed by atoms with Gasteiger partial charge in [0.1, 0.15) is 12.0 Å². The molecular weight excluding hydrogens is 234 g/mol. The molecule has 3 aliphatic rings. The average Bonchev–Trinajstić information content (AvgIpc) is 2.74. The van der Waals surface area contributed by atoms with Crippen LogP contribution in [0.4, 0.5) is 11.4 Å². The van der Waals surface area contributed by atoms with E-state index in [1.807, 2.05) is 0 Å². The standard InChI is InChI=1S/C16H17N3/c1-11-17-13-8-4-3-7-12(13)16-18(2)14-9-5-6-10-15(14)19(11)16/h3,5-7,9-10,16H,4,8H2,1-2H3. The second kappa shape index (κ2) is 3.73. The maximum absolute atomic E-state index is 4.82. The van der Waals surface area contributed by atoms with E-state index in [0.717, 1.165) is 18.7 Å². The molecule has 2 aliphatic heterocycles. The van der Waals surface area contributed by atoms with Gasteiger partial charge < -0.3 is 9.80 Å². The van der Waals surface area contributed by atoms with Crippen molar-refractivity contribution in [2.24, 2.45) is 4.99 Å². The highest BCUT2D eigenvalue weighted by molar-refractivity contribution is 6.05. The molecule has 0 N–H and O–H groups in total. The van der Waals surface area contributed by atoms with Gasteiger partial charge in [0.05, 0.1) is 11.4 Å². The molecule has 0 spiro atoms. The van der Waals surface area contributed by atoms with Crippen molar-refractivity contribution in [3.8, 4) is 0 Å². The number of fused-ring (bicyclic) bond motifs is 4. The molecule has 1 atom stereocenters. The van der Waals surface area contributed by atoms with Gasteiger partial charge in [-0.2, -0.15) is 0 Å². The Morgan fingerprint density at radius 1 is 1.21 bits per heavy atom. The van der Waals surface area contributed by atoms with Crippen LogP contribution in [0.15, 0.2) is 52.7 Å². The van der Waals surface area contributed by atoms with Crippen LogP contribution in [0.2, 0.25) is 0 Å². The van der Waals surface area contributed by atoms with Crippen LogP contribution in [0.25, 0.3) is 0 Å². The number of amidine groups is 1. The summed E-state index contributed by atoms with van der Waals surface area (Å²) < 4.78 is 0. The smallest absolute Gasteiger partial charge is 0.135 e. The molecule has 4 rings (SSSR count). The molecule has 0 aromatic heterocycles. The van der Waals surface area contributed by atoms with Crippen molar-refractivity contribution in [1.82, 2.24) is 0 Å². The summed E-state index contributed by atoms with van der Waals surface area (Å²) in [6.45, 7) is 2.12. The molecule has 3 heteroatoms. The molecule has 3 nitrogen and oxygen atoms in total. The molecule has 2 heterocycles. The van der Waals surface area contributed by atoms with Gasteiger partial charge in [-0.3, -0.25) is 0 Å². The first-order valence-electron chi connectivity index (χ1n) is 6.83. The van der Waals surface area contributed by atoms with E-state index in [4.69, 9.17) is 4.99 Å². The lowest BCUT2D eigenvalue weighted by atomic mass is 9.98. The minimum atomic E-state index is 0.279. The van der Waals surface area contributed by atoms with Crippen molar-refractivity contribution < 1.29 is 0 Å². The zero-order valence-electron chi connectivity index (χ0n) is 11.3. The van der Waals surface area contributed by atoms with Crippen LogP contribution >= 0.6 is 0 Å². The van der Waals surface area contributed by atoms with E-state index in [-0.39, 0.29) is 6.17 Å². The van der Waals surface area contributed by atoms with E-state index < -0.39 is 0 Å². The summed E-state index contributed by atoms with van der Waals surface area (Å²) in [5, 5.41) is 0. The topological polar surface area (TPSA) is 18.8 Å². The van der Waals surface area contributed by atoms with Crippen molar-refractivity contribution in [1.29, 1.82) is 0 Å². The van der Waals surface area contributed by atoms with Crippen LogP contribution < -0.4 is 9.80 Å². The third kappa shape index (κ3) is 1.35. The van der Waals surface area contributed by atoms with Gasteiger partial charge in [-0.15, -0.1) is 0 Å². The molecule has 1 aromatic rings. The molecule has 1 unspecified atom stereocenters. The molecule has 0 saturated carbocycles. The first-order valence-corrected chi connectivity index (χ1v) is 6.83. The summed E-state index contributed by atoms with van der Waals surface area (Å²) in [5.74, 6) is 1.11. The van der Waals surface area contributed by atoms with Gasteiger partial charge in [-0.25, -0.2) is 4.99 Å². The molecule has 96 valence electrons. The number of anilines is 2. The van der Waals surface area contributed by atoms with Crippen molar-refractivity contribution in [2.45, 2.75) is 25.9 Å². The highest BCUT2D eigenvalue weighted by Gasteiger charge is 2.40. The highest BCUT2D eigenvalue weighted by atomic mass is 15.4. The maximum atomic E-state index is 4.82. The van der Waals surface area contributed by atoms with Gasteiger partial charge in [0.15, 0.2) is 0 Å². The van der Waals surface area contributed by atoms with Crippen molar-refractivity contribution in [3.63, 3.8) is 0 Å². The van der Waals surface area contributed by atoms with Gasteiger partial charge in [0.25, 0.3) is 0 Å². The first kappa shape index (κ1) is 10.9. The predicted molar refractivity (Wildman–Crippen MR) is 79.6 cm³/mol. The lowest BCUT2D eigenvalue weighted by molar-refractivity contribution is 0.734. The van der Waals surface area contributed by atoms with Crippen LogP contribution in [0.1, 0.15) is 19.8 Å². The number of aliphatic imine (C=N–C) groups is 1. The summed E-state index contributed by atoms with van der Waals surface area (Å²) in [6.07, 6.45) is 6.98. The summed E-state index contributed by atoms with van der Waals surface area (Å²) in [6, 6.07) is 8.58. The lowest BCUT2D eigenvalue weighted by Gasteiger charge is -2.36. The van der Waals surface area contributed by atoms with E-state index in [2.05, 4.69) is 60.2 Å². The number of likely N-dealkylation sites (N-methyl/N-ethyl adjacent to an activating group) is 1.